The first kappa shape index (κ1) is 26.0. The van der Waals surface area contributed by atoms with Gasteiger partial charge in [0.15, 0.2) is 5.96 Å². The Labute approximate surface area is 204 Å². The number of aromatic nitrogens is 2. The lowest BCUT2D eigenvalue weighted by Crippen LogP contribution is -2.49. The van der Waals surface area contributed by atoms with Crippen molar-refractivity contribution in [2.45, 2.75) is 20.1 Å². The van der Waals surface area contributed by atoms with Gasteiger partial charge in [-0.2, -0.15) is 8.78 Å². The number of para-hydroxylation sites is 1. The number of aliphatic imine (C=N–C) groups is 1. The Bertz CT molecular complexity index is 821. The third-order valence-corrected chi connectivity index (χ3v) is 4.87. The maximum Gasteiger partial charge on any atom is 0.387 e. The molecule has 1 fully saturated rings. The molecule has 3 rings (SSSR count). The van der Waals surface area contributed by atoms with E-state index in [1.807, 2.05) is 13.0 Å². The molecule has 0 radical (unpaired) electrons. The molecule has 11 heteroatoms. The van der Waals surface area contributed by atoms with E-state index in [2.05, 4.69) is 40.1 Å². The summed E-state index contributed by atoms with van der Waals surface area (Å²) in [5.74, 6) is 1.57. The molecule has 8 nitrogen and oxygen atoms in total. The lowest BCUT2D eigenvalue weighted by atomic mass is 10.2. The van der Waals surface area contributed by atoms with Gasteiger partial charge in [0.25, 0.3) is 0 Å². The first-order valence-electron chi connectivity index (χ1n) is 10.4. The third kappa shape index (κ3) is 8.34. The minimum absolute atomic E-state index is 0. The molecular formula is C21H30F2IN7O. The van der Waals surface area contributed by atoms with Crippen LogP contribution in [-0.4, -0.2) is 73.3 Å². The van der Waals surface area contributed by atoms with E-state index in [0.29, 0.717) is 18.1 Å². The van der Waals surface area contributed by atoms with Crippen LogP contribution in [0.3, 0.4) is 0 Å². The highest BCUT2D eigenvalue weighted by Crippen LogP contribution is 2.20. The third-order valence-electron chi connectivity index (χ3n) is 4.87. The first-order valence-corrected chi connectivity index (χ1v) is 10.4. The number of ether oxygens (including phenoxy) is 1. The Morgan fingerprint density at radius 3 is 2.50 bits per heavy atom. The average Bonchev–Trinajstić information content (AvgIpc) is 2.79. The monoisotopic (exact) mass is 561 g/mol. The lowest BCUT2D eigenvalue weighted by molar-refractivity contribution is -0.0504. The summed E-state index contributed by atoms with van der Waals surface area (Å²) < 4.78 is 29.7. The van der Waals surface area contributed by atoms with Gasteiger partial charge in [-0.1, -0.05) is 18.2 Å². The second-order valence-electron chi connectivity index (χ2n) is 6.99. The smallest absolute Gasteiger partial charge is 0.387 e. The molecule has 0 saturated carbocycles. The van der Waals surface area contributed by atoms with Crippen LogP contribution in [0.5, 0.6) is 5.75 Å². The SMILES string of the molecule is CCNC(=NCc1ccccc1OC(F)F)NCCN1CCN(c2ncccn2)CC1.I. The van der Waals surface area contributed by atoms with Crippen LogP contribution in [0, 0.1) is 0 Å². The number of hydrogen-bond donors (Lipinski definition) is 2. The molecule has 0 atom stereocenters. The van der Waals surface area contributed by atoms with E-state index in [1.165, 1.54) is 6.07 Å². The summed E-state index contributed by atoms with van der Waals surface area (Å²) in [6.07, 6.45) is 3.52. The molecule has 2 heterocycles. The predicted octanol–water partition coefficient (Wildman–Crippen LogP) is 2.57. The Morgan fingerprint density at radius 2 is 1.81 bits per heavy atom. The number of piperazine rings is 1. The molecule has 1 aromatic carbocycles. The molecule has 1 aliphatic heterocycles. The molecule has 1 aromatic heterocycles. The van der Waals surface area contributed by atoms with Crippen LogP contribution in [0.4, 0.5) is 14.7 Å². The van der Waals surface area contributed by atoms with Crippen LogP contribution in [0.15, 0.2) is 47.7 Å². The summed E-state index contributed by atoms with van der Waals surface area (Å²) in [5, 5.41) is 6.50. The lowest BCUT2D eigenvalue weighted by Gasteiger charge is -2.34. The topological polar surface area (TPSA) is 77.9 Å². The van der Waals surface area contributed by atoms with Crippen LogP contribution in [0.1, 0.15) is 12.5 Å². The number of guanidine groups is 1. The van der Waals surface area contributed by atoms with Crippen molar-refractivity contribution < 1.29 is 13.5 Å². The molecule has 0 bridgehead atoms. The second-order valence-corrected chi connectivity index (χ2v) is 6.99. The molecule has 0 aliphatic carbocycles. The molecule has 0 unspecified atom stereocenters. The molecule has 2 N–H and O–H groups in total. The second kappa shape index (κ2) is 14.0. The van der Waals surface area contributed by atoms with E-state index in [1.54, 1.807) is 30.6 Å². The average molecular weight is 561 g/mol. The van der Waals surface area contributed by atoms with Gasteiger partial charge in [-0.25, -0.2) is 15.0 Å². The maximum absolute atomic E-state index is 12.6. The van der Waals surface area contributed by atoms with E-state index in [9.17, 15) is 8.78 Å². The summed E-state index contributed by atoms with van der Waals surface area (Å²) in [4.78, 5) is 17.7. The van der Waals surface area contributed by atoms with Crippen molar-refractivity contribution in [3.63, 3.8) is 0 Å². The molecule has 2 aromatic rings. The van der Waals surface area contributed by atoms with Crippen molar-refractivity contribution in [1.82, 2.24) is 25.5 Å². The Morgan fingerprint density at radius 1 is 1.09 bits per heavy atom. The number of anilines is 1. The van der Waals surface area contributed by atoms with E-state index >= 15 is 0 Å². The zero-order valence-corrected chi connectivity index (χ0v) is 20.4. The minimum atomic E-state index is -2.86. The van der Waals surface area contributed by atoms with E-state index in [0.717, 1.165) is 45.2 Å². The standard InChI is InChI=1S/C21H29F2N7O.HI/c1-2-24-20(28-16-17-6-3-4-7-18(17)31-19(22)23)25-10-11-29-12-14-30(15-13-29)21-26-8-5-9-27-21;/h3-9,19H,2,10-16H2,1H3,(H2,24,25,28);1H. The minimum Gasteiger partial charge on any atom is -0.434 e. The van der Waals surface area contributed by atoms with Crippen LogP contribution in [0.25, 0.3) is 0 Å². The number of nitrogens with zero attached hydrogens (tertiary/aromatic N) is 5. The first-order chi connectivity index (χ1) is 15.2. The van der Waals surface area contributed by atoms with Gasteiger partial charge >= 0.3 is 6.61 Å². The fourth-order valence-electron chi connectivity index (χ4n) is 3.31. The van der Waals surface area contributed by atoms with Crippen molar-refractivity contribution in [2.24, 2.45) is 4.99 Å². The van der Waals surface area contributed by atoms with Crippen molar-refractivity contribution in [3.05, 3.63) is 48.3 Å². The Kier molecular flexibility index (Phi) is 11.4. The molecule has 0 spiro atoms. The van der Waals surface area contributed by atoms with Crippen LogP contribution in [0.2, 0.25) is 0 Å². The summed E-state index contributed by atoms with van der Waals surface area (Å²) in [6.45, 7) is 5.32. The normalized spacial score (nSPS) is 14.8. The van der Waals surface area contributed by atoms with Crippen molar-refractivity contribution in [2.75, 3.05) is 50.7 Å². The summed E-state index contributed by atoms with van der Waals surface area (Å²) in [5.41, 5.74) is 0.610. The number of hydrogen-bond acceptors (Lipinski definition) is 6. The van der Waals surface area contributed by atoms with E-state index < -0.39 is 6.61 Å². The summed E-state index contributed by atoms with van der Waals surface area (Å²) >= 11 is 0. The molecule has 1 saturated heterocycles. The van der Waals surface area contributed by atoms with Crippen molar-refractivity contribution in [1.29, 1.82) is 0 Å². The summed E-state index contributed by atoms with van der Waals surface area (Å²) in [7, 11) is 0. The fraction of sp³-hybridized carbons (Fsp3) is 0.476. The van der Waals surface area contributed by atoms with Crippen molar-refractivity contribution in [3.8, 4) is 5.75 Å². The number of halogens is 3. The number of alkyl halides is 2. The van der Waals surface area contributed by atoms with Gasteiger partial charge in [-0.3, -0.25) is 4.90 Å². The summed E-state index contributed by atoms with van der Waals surface area (Å²) in [6, 6.07) is 8.53. The van der Waals surface area contributed by atoms with E-state index in [-0.39, 0.29) is 36.3 Å². The van der Waals surface area contributed by atoms with Crippen LogP contribution >= 0.6 is 24.0 Å². The number of nitrogens with one attached hydrogen (secondary N) is 2. The Balaban J connectivity index is 0.00000363. The van der Waals surface area contributed by atoms with Gasteiger partial charge < -0.3 is 20.3 Å². The molecule has 1 aliphatic rings. The van der Waals surface area contributed by atoms with Gasteiger partial charge in [0.05, 0.1) is 6.54 Å². The van der Waals surface area contributed by atoms with Crippen LogP contribution in [-0.2, 0) is 6.54 Å². The van der Waals surface area contributed by atoms with Crippen LogP contribution < -0.4 is 20.3 Å². The van der Waals surface area contributed by atoms with Crippen molar-refractivity contribution >= 4 is 35.9 Å². The van der Waals surface area contributed by atoms with Gasteiger partial charge in [0.1, 0.15) is 5.75 Å². The highest BCUT2D eigenvalue weighted by atomic mass is 127. The van der Waals surface area contributed by atoms with Gasteiger partial charge in [-0.15, -0.1) is 24.0 Å². The van der Waals surface area contributed by atoms with Gasteiger partial charge in [0.2, 0.25) is 5.95 Å². The zero-order valence-electron chi connectivity index (χ0n) is 18.1. The maximum atomic E-state index is 12.6. The van der Waals surface area contributed by atoms with Gasteiger partial charge in [0, 0.05) is 63.8 Å². The Hall–Kier alpha value is -2.28. The molecule has 0 amide bonds. The highest BCUT2D eigenvalue weighted by molar-refractivity contribution is 14.0. The number of rotatable bonds is 9. The van der Waals surface area contributed by atoms with Gasteiger partial charge in [-0.05, 0) is 19.1 Å². The van der Waals surface area contributed by atoms with E-state index in [4.69, 9.17) is 0 Å². The predicted molar refractivity (Wildman–Crippen MR) is 132 cm³/mol. The zero-order chi connectivity index (χ0) is 21.9. The largest absolute Gasteiger partial charge is 0.434 e. The molecular weight excluding hydrogens is 531 g/mol. The number of benzene rings is 1. The highest BCUT2D eigenvalue weighted by Gasteiger charge is 2.18. The fourth-order valence-corrected chi connectivity index (χ4v) is 3.31. The molecule has 176 valence electrons. The quantitative estimate of drug-likeness (QED) is 0.277. The molecule has 32 heavy (non-hydrogen) atoms.